The number of benzene rings is 1. The fraction of sp³-hybridized carbons (Fsp3) is 0.467. The van der Waals surface area contributed by atoms with E-state index in [1.165, 1.54) is 23.9 Å². The Labute approximate surface area is 139 Å². The minimum absolute atomic E-state index is 0.0166. The molecule has 0 unspecified atom stereocenters. The molecule has 0 fully saturated rings. The van der Waals surface area contributed by atoms with Crippen molar-refractivity contribution >= 4 is 17.7 Å². The molecule has 0 bridgehead atoms. The smallest absolute Gasteiger partial charge is 0.232 e. The first-order chi connectivity index (χ1) is 11.0. The van der Waals surface area contributed by atoms with E-state index in [4.69, 9.17) is 0 Å². The second-order valence-corrected chi connectivity index (χ2v) is 6.49. The molecule has 0 aliphatic rings. The van der Waals surface area contributed by atoms with E-state index in [1.54, 1.807) is 28.8 Å². The quantitative estimate of drug-likeness (QED) is 0.775. The minimum Gasteiger partial charge on any atom is -0.341 e. The van der Waals surface area contributed by atoms with Crippen LogP contribution in [0.3, 0.4) is 0 Å². The van der Waals surface area contributed by atoms with E-state index in [-0.39, 0.29) is 17.8 Å². The number of rotatable bonds is 7. The molecule has 124 valence electrons. The number of thioether (sulfide) groups is 1. The third kappa shape index (κ3) is 5.02. The normalized spacial score (nSPS) is 11.0. The van der Waals surface area contributed by atoms with Crippen LogP contribution in [0.5, 0.6) is 0 Å². The lowest BCUT2D eigenvalue weighted by Gasteiger charge is -2.17. The highest BCUT2D eigenvalue weighted by molar-refractivity contribution is 7.99. The summed E-state index contributed by atoms with van der Waals surface area (Å²) in [7, 11) is 1.74. The van der Waals surface area contributed by atoms with Crippen LogP contribution in [-0.4, -0.2) is 43.8 Å². The zero-order valence-corrected chi connectivity index (χ0v) is 14.3. The molecule has 0 radical (unpaired) electrons. The Balaban J connectivity index is 1.80. The molecule has 1 aromatic carbocycles. The van der Waals surface area contributed by atoms with E-state index >= 15 is 0 Å². The number of carbonyl (C=O) groups is 1. The van der Waals surface area contributed by atoms with Gasteiger partial charge in [-0.1, -0.05) is 12.1 Å². The second-order valence-electron chi connectivity index (χ2n) is 5.50. The van der Waals surface area contributed by atoms with Crippen LogP contribution < -0.4 is 0 Å². The van der Waals surface area contributed by atoms with Crippen LogP contribution in [0.4, 0.5) is 4.39 Å². The van der Waals surface area contributed by atoms with Crippen LogP contribution in [0, 0.1) is 5.82 Å². The third-order valence-electron chi connectivity index (χ3n) is 3.27. The van der Waals surface area contributed by atoms with Crippen molar-refractivity contribution in [2.45, 2.75) is 32.2 Å². The summed E-state index contributed by atoms with van der Waals surface area (Å²) < 4.78 is 14.6. The molecular formula is C15H20FN5OS. The van der Waals surface area contributed by atoms with Crippen molar-refractivity contribution < 1.29 is 9.18 Å². The number of hydrogen-bond donors (Lipinski definition) is 0. The maximum absolute atomic E-state index is 12.9. The lowest BCUT2D eigenvalue weighted by atomic mass is 10.2. The number of nitrogens with zero attached hydrogens (tertiary/aromatic N) is 5. The predicted octanol–water partition coefficient (Wildman–Crippen LogP) is 2.28. The summed E-state index contributed by atoms with van der Waals surface area (Å²) in [6, 6.07) is 6.35. The predicted molar refractivity (Wildman–Crippen MR) is 87.2 cm³/mol. The zero-order chi connectivity index (χ0) is 16.8. The number of amides is 1. The van der Waals surface area contributed by atoms with E-state index < -0.39 is 0 Å². The van der Waals surface area contributed by atoms with Gasteiger partial charge in [-0.2, -0.15) is 0 Å². The van der Waals surface area contributed by atoms with Gasteiger partial charge in [0.2, 0.25) is 5.91 Å². The Bertz CT molecular complexity index is 644. The molecule has 0 aliphatic heterocycles. The fourth-order valence-electron chi connectivity index (χ4n) is 2.00. The van der Waals surface area contributed by atoms with Crippen LogP contribution in [0.2, 0.25) is 0 Å². The Morgan fingerprint density at radius 3 is 2.70 bits per heavy atom. The largest absolute Gasteiger partial charge is 0.341 e. The summed E-state index contributed by atoms with van der Waals surface area (Å²) in [5.74, 6) is 1.44. The average molecular weight is 337 g/mol. The molecule has 1 amide bonds. The second kappa shape index (κ2) is 8.05. The van der Waals surface area contributed by atoms with Gasteiger partial charge >= 0.3 is 0 Å². The van der Waals surface area contributed by atoms with Gasteiger partial charge in [0.25, 0.3) is 0 Å². The highest BCUT2D eigenvalue weighted by atomic mass is 32.2. The summed E-state index contributed by atoms with van der Waals surface area (Å²) >= 11 is 1.48. The average Bonchev–Trinajstić information content (AvgIpc) is 2.98. The Kier molecular flexibility index (Phi) is 6.09. The zero-order valence-electron chi connectivity index (χ0n) is 13.4. The highest BCUT2D eigenvalue weighted by Crippen LogP contribution is 2.14. The third-order valence-corrected chi connectivity index (χ3v) is 4.18. The van der Waals surface area contributed by atoms with Gasteiger partial charge in [-0.15, -0.1) is 16.9 Å². The molecule has 0 atom stereocenters. The van der Waals surface area contributed by atoms with Gasteiger partial charge < -0.3 is 4.90 Å². The van der Waals surface area contributed by atoms with Crippen LogP contribution >= 0.6 is 11.8 Å². The Morgan fingerprint density at radius 1 is 1.35 bits per heavy atom. The van der Waals surface area contributed by atoms with Gasteiger partial charge in [0.05, 0.1) is 17.5 Å². The van der Waals surface area contributed by atoms with Gasteiger partial charge in [0.15, 0.2) is 5.82 Å². The van der Waals surface area contributed by atoms with Crippen LogP contribution in [0.25, 0.3) is 0 Å². The van der Waals surface area contributed by atoms with Crippen molar-refractivity contribution in [1.29, 1.82) is 0 Å². The minimum atomic E-state index is -0.277. The van der Waals surface area contributed by atoms with Crippen molar-refractivity contribution in [2.24, 2.45) is 0 Å². The lowest BCUT2D eigenvalue weighted by Crippen LogP contribution is -2.27. The van der Waals surface area contributed by atoms with Gasteiger partial charge in [0, 0.05) is 13.6 Å². The van der Waals surface area contributed by atoms with Crippen molar-refractivity contribution in [3.63, 3.8) is 0 Å². The number of tetrazole rings is 1. The van der Waals surface area contributed by atoms with Gasteiger partial charge in [0.1, 0.15) is 5.82 Å². The maximum atomic E-state index is 12.9. The number of carbonyl (C=O) groups excluding carboxylic acids is 1. The molecule has 1 aromatic heterocycles. The molecule has 0 saturated carbocycles. The van der Waals surface area contributed by atoms with Crippen molar-refractivity contribution in [2.75, 3.05) is 12.8 Å². The summed E-state index contributed by atoms with van der Waals surface area (Å²) in [6.07, 6.45) is 0. The number of hydrogen-bond acceptors (Lipinski definition) is 5. The number of halogens is 1. The maximum Gasteiger partial charge on any atom is 0.232 e. The first-order valence-electron chi connectivity index (χ1n) is 7.30. The van der Waals surface area contributed by atoms with E-state index in [2.05, 4.69) is 15.5 Å². The summed E-state index contributed by atoms with van der Waals surface area (Å²) in [6.45, 7) is 4.47. The molecule has 0 saturated heterocycles. The lowest BCUT2D eigenvalue weighted by molar-refractivity contribution is -0.127. The standard InChI is InChI=1S/C15H20FN5OS/c1-11(2)21-14(17-18-19-21)9-23-10-15(22)20(3)8-12-4-6-13(16)7-5-12/h4-7,11H,8-10H2,1-3H3. The molecule has 2 aromatic rings. The SMILES string of the molecule is CC(C)n1nnnc1CSCC(=O)N(C)Cc1ccc(F)cc1. The molecule has 0 aliphatic carbocycles. The fourth-order valence-corrected chi connectivity index (χ4v) is 2.87. The molecule has 23 heavy (non-hydrogen) atoms. The number of aromatic nitrogens is 4. The molecule has 0 spiro atoms. The van der Waals surface area contributed by atoms with Crippen molar-refractivity contribution in [1.82, 2.24) is 25.1 Å². The van der Waals surface area contributed by atoms with Gasteiger partial charge in [-0.3, -0.25) is 4.79 Å². The van der Waals surface area contributed by atoms with Gasteiger partial charge in [-0.25, -0.2) is 9.07 Å². The summed E-state index contributed by atoms with van der Waals surface area (Å²) in [4.78, 5) is 13.8. The summed E-state index contributed by atoms with van der Waals surface area (Å²) in [5.41, 5.74) is 0.899. The molecule has 0 N–H and O–H groups in total. The molecular weight excluding hydrogens is 317 g/mol. The van der Waals surface area contributed by atoms with Crippen molar-refractivity contribution in [3.8, 4) is 0 Å². The van der Waals surface area contributed by atoms with Crippen molar-refractivity contribution in [3.05, 3.63) is 41.5 Å². The molecule has 1 heterocycles. The van der Waals surface area contributed by atoms with E-state index in [0.717, 1.165) is 11.4 Å². The van der Waals surface area contributed by atoms with E-state index in [1.807, 2.05) is 13.8 Å². The van der Waals surface area contributed by atoms with Gasteiger partial charge in [-0.05, 0) is 42.0 Å². The van der Waals surface area contributed by atoms with E-state index in [0.29, 0.717) is 18.1 Å². The van der Waals surface area contributed by atoms with Crippen LogP contribution in [0.1, 0.15) is 31.3 Å². The monoisotopic (exact) mass is 337 g/mol. The summed E-state index contributed by atoms with van der Waals surface area (Å²) in [5, 5.41) is 11.6. The molecule has 8 heteroatoms. The van der Waals surface area contributed by atoms with E-state index in [9.17, 15) is 9.18 Å². The topological polar surface area (TPSA) is 63.9 Å². The van der Waals surface area contributed by atoms with Crippen LogP contribution in [-0.2, 0) is 17.1 Å². The first kappa shape index (κ1) is 17.4. The Hall–Kier alpha value is -1.96. The molecule has 6 nitrogen and oxygen atoms in total. The Morgan fingerprint density at radius 2 is 2.04 bits per heavy atom. The molecule has 2 rings (SSSR count). The van der Waals surface area contributed by atoms with Crippen LogP contribution in [0.15, 0.2) is 24.3 Å². The first-order valence-corrected chi connectivity index (χ1v) is 8.45. The highest BCUT2D eigenvalue weighted by Gasteiger charge is 2.13.